The lowest BCUT2D eigenvalue weighted by Crippen LogP contribution is -1.86. The minimum absolute atomic E-state index is 1.26. The van der Waals surface area contributed by atoms with Crippen LogP contribution in [0.4, 0.5) is 0 Å². The van der Waals surface area contributed by atoms with Gasteiger partial charge in [0.25, 0.3) is 0 Å². The molecule has 0 radical (unpaired) electrons. The van der Waals surface area contributed by atoms with E-state index >= 15 is 0 Å². The van der Waals surface area contributed by atoms with Gasteiger partial charge in [-0.15, -0.1) is 34.0 Å². The maximum Gasteiger partial charge on any atom is 0.0433 e. The van der Waals surface area contributed by atoms with Crippen LogP contribution >= 0.6 is 34.0 Å². The topological polar surface area (TPSA) is 0 Å². The lowest BCUT2D eigenvalue weighted by molar-refractivity contribution is 1.51. The first-order chi connectivity index (χ1) is 50.3. The minimum Gasteiger partial charge on any atom is -0.135 e. The van der Waals surface area contributed by atoms with E-state index in [1.807, 2.05) is 34.0 Å². The Morgan fingerprint density at radius 2 is 0.431 bits per heavy atom. The molecule has 0 fully saturated rings. The Balaban J connectivity index is 0.000000106. The molecule has 21 aromatic rings. The van der Waals surface area contributed by atoms with Gasteiger partial charge in [0.05, 0.1) is 0 Å². The van der Waals surface area contributed by atoms with Crippen LogP contribution in [0.25, 0.3) is 192 Å². The number of hydrogen-bond acceptors (Lipinski definition) is 3. The van der Waals surface area contributed by atoms with Crippen molar-refractivity contribution in [2.45, 2.75) is 20.8 Å². The zero-order valence-electron chi connectivity index (χ0n) is 56.6. The first kappa shape index (κ1) is 61.3. The normalized spacial score (nSPS) is 11.7. The molecule has 0 nitrogen and oxygen atoms in total. The largest absolute Gasteiger partial charge is 0.135 e. The third kappa shape index (κ3) is 10.8. The van der Waals surface area contributed by atoms with E-state index in [9.17, 15) is 0 Å². The Labute approximate surface area is 604 Å². The molecule has 0 unspecified atom stereocenters. The van der Waals surface area contributed by atoms with Crippen molar-refractivity contribution in [2.75, 3.05) is 0 Å². The number of rotatable bonds is 6. The molecular formula is C99H66S3. The van der Waals surface area contributed by atoms with E-state index in [0.717, 1.165) is 0 Å². The molecule has 0 saturated heterocycles. The van der Waals surface area contributed by atoms with Gasteiger partial charge < -0.3 is 0 Å². The predicted molar refractivity (Wildman–Crippen MR) is 450 cm³/mol. The smallest absolute Gasteiger partial charge is 0.0433 e. The molecule has 0 aliphatic heterocycles. The molecule has 3 heterocycles. The summed E-state index contributed by atoms with van der Waals surface area (Å²) in [5.41, 5.74) is 19.3. The highest BCUT2D eigenvalue weighted by atomic mass is 32.1. The van der Waals surface area contributed by atoms with Crippen LogP contribution in [0.3, 0.4) is 0 Å². The second-order valence-corrected chi connectivity index (χ2v) is 30.3. The summed E-state index contributed by atoms with van der Waals surface area (Å²) in [5.74, 6) is 0. The summed E-state index contributed by atoms with van der Waals surface area (Å²) in [7, 11) is 0. The molecule has 21 rings (SSSR count). The van der Waals surface area contributed by atoms with Gasteiger partial charge in [-0.3, -0.25) is 0 Å². The number of aryl methyl sites for hydroxylation is 3. The number of thiophene rings is 3. The van der Waals surface area contributed by atoms with Crippen LogP contribution in [-0.2, 0) is 0 Å². The molecule has 0 atom stereocenters. The van der Waals surface area contributed by atoms with Gasteiger partial charge in [0.15, 0.2) is 0 Å². The van der Waals surface area contributed by atoms with E-state index in [-0.39, 0.29) is 0 Å². The van der Waals surface area contributed by atoms with E-state index in [0.29, 0.717) is 0 Å². The van der Waals surface area contributed by atoms with E-state index in [4.69, 9.17) is 0 Å². The van der Waals surface area contributed by atoms with Crippen LogP contribution in [-0.4, -0.2) is 0 Å². The van der Waals surface area contributed by atoms with E-state index in [2.05, 4.69) is 367 Å². The van der Waals surface area contributed by atoms with E-state index < -0.39 is 0 Å². The predicted octanol–water partition coefficient (Wildman–Crippen LogP) is 30.0. The Morgan fingerprint density at radius 3 is 0.873 bits per heavy atom. The molecule has 0 spiro atoms. The van der Waals surface area contributed by atoms with E-state index in [1.165, 1.54) is 209 Å². The summed E-state index contributed by atoms with van der Waals surface area (Å²) < 4.78 is 8.13. The van der Waals surface area contributed by atoms with Crippen LogP contribution in [0, 0.1) is 20.8 Å². The molecule has 18 aromatic carbocycles. The summed E-state index contributed by atoms with van der Waals surface area (Å²) in [6.45, 7) is 6.51. The molecule has 3 heteroatoms. The third-order valence-electron chi connectivity index (χ3n) is 20.8. The van der Waals surface area contributed by atoms with Crippen molar-refractivity contribution in [1.29, 1.82) is 0 Å². The highest BCUT2D eigenvalue weighted by Gasteiger charge is 2.18. The molecule has 102 heavy (non-hydrogen) atoms. The van der Waals surface area contributed by atoms with Crippen molar-refractivity contribution in [3.63, 3.8) is 0 Å². The van der Waals surface area contributed by atoms with Gasteiger partial charge in [-0.1, -0.05) is 326 Å². The van der Waals surface area contributed by atoms with Gasteiger partial charge in [0, 0.05) is 60.5 Å². The molecule has 0 aliphatic rings. The minimum atomic E-state index is 1.26. The van der Waals surface area contributed by atoms with Crippen molar-refractivity contribution in [3.8, 4) is 66.8 Å². The van der Waals surface area contributed by atoms with Gasteiger partial charge in [-0.25, -0.2) is 0 Å². The Bertz CT molecular complexity index is 6720. The van der Waals surface area contributed by atoms with Gasteiger partial charge in [-0.05, 0) is 189 Å². The van der Waals surface area contributed by atoms with Crippen molar-refractivity contribution >= 4 is 159 Å². The average molecular weight is 1350 g/mol. The molecular weight excluding hydrogens is 1290 g/mol. The monoisotopic (exact) mass is 1350 g/mol. The summed E-state index contributed by atoms with van der Waals surface area (Å²) in [4.78, 5) is 0. The Hall–Kier alpha value is -11.8. The summed E-state index contributed by atoms with van der Waals surface area (Å²) in [6, 6.07) is 127. The summed E-state index contributed by atoms with van der Waals surface area (Å²) in [5, 5.41) is 23.8. The zero-order valence-corrected chi connectivity index (χ0v) is 59.1. The van der Waals surface area contributed by atoms with Crippen LogP contribution in [0.2, 0.25) is 0 Å². The first-order valence-electron chi connectivity index (χ1n) is 35.1. The van der Waals surface area contributed by atoms with Crippen molar-refractivity contribution < 1.29 is 0 Å². The van der Waals surface area contributed by atoms with Gasteiger partial charge >= 0.3 is 0 Å². The highest BCUT2D eigenvalue weighted by Crippen LogP contribution is 2.46. The second-order valence-electron chi connectivity index (χ2n) is 27.2. The molecule has 0 bridgehead atoms. The zero-order chi connectivity index (χ0) is 67.9. The van der Waals surface area contributed by atoms with Gasteiger partial charge in [0.1, 0.15) is 0 Å². The standard InChI is InChI=1S/3C33H22S/c1-21-13-18-25-24(19-21)20-31(28-8-3-2-7-27(25)28)23-16-14-22(15-17-23)26-10-6-11-30-29-9-4-5-12-32(29)34-33(26)30;1-21-13-18-27-30(20-24-7-2-3-8-25(24)31(27)19-21)23-16-14-22(15-17-23)26-10-6-11-29-28-9-4-5-12-32(28)34-33(26)29;1-21-13-18-27-25-8-3-2-7-24(25)20-30(31(27)19-21)23-16-14-22(15-17-23)26-10-6-11-29-28-9-4-5-12-32(28)34-33(26)29/h3*2-20H,1H3. The first-order valence-corrected chi connectivity index (χ1v) is 37.5. The van der Waals surface area contributed by atoms with Crippen LogP contribution in [0.1, 0.15) is 16.7 Å². The van der Waals surface area contributed by atoms with Crippen molar-refractivity contribution in [2.24, 2.45) is 0 Å². The second kappa shape index (κ2) is 25.4. The fraction of sp³-hybridized carbons (Fsp3) is 0.0303. The van der Waals surface area contributed by atoms with Gasteiger partial charge in [0.2, 0.25) is 0 Å². The van der Waals surface area contributed by atoms with Crippen LogP contribution < -0.4 is 0 Å². The van der Waals surface area contributed by atoms with Crippen molar-refractivity contribution in [3.05, 3.63) is 362 Å². The lowest BCUT2D eigenvalue weighted by atomic mass is 9.91. The Kier molecular flexibility index (Phi) is 15.3. The van der Waals surface area contributed by atoms with Gasteiger partial charge in [-0.2, -0.15) is 0 Å². The number of hydrogen-bond donors (Lipinski definition) is 0. The fourth-order valence-electron chi connectivity index (χ4n) is 15.8. The Morgan fingerprint density at radius 1 is 0.157 bits per heavy atom. The maximum atomic E-state index is 2.35. The molecule has 0 amide bonds. The summed E-state index contributed by atoms with van der Waals surface area (Å²) >= 11 is 5.67. The summed E-state index contributed by atoms with van der Waals surface area (Å²) in [6.07, 6.45) is 0. The molecule has 0 N–H and O–H groups in total. The van der Waals surface area contributed by atoms with Crippen molar-refractivity contribution in [1.82, 2.24) is 0 Å². The maximum absolute atomic E-state index is 2.35. The third-order valence-corrected chi connectivity index (χ3v) is 24.4. The lowest BCUT2D eigenvalue weighted by Gasteiger charge is -2.13. The van der Waals surface area contributed by atoms with Crippen LogP contribution in [0.15, 0.2) is 346 Å². The molecule has 0 saturated carbocycles. The molecule has 480 valence electrons. The average Bonchev–Trinajstić information content (AvgIpc) is 0.802. The number of fused-ring (bicyclic) bond motifs is 18. The van der Waals surface area contributed by atoms with E-state index in [1.54, 1.807) is 0 Å². The highest BCUT2D eigenvalue weighted by molar-refractivity contribution is 7.27. The molecule has 0 aliphatic carbocycles. The quantitative estimate of drug-likeness (QED) is 0.146. The number of benzene rings is 18. The van der Waals surface area contributed by atoms with Crippen LogP contribution in [0.5, 0.6) is 0 Å². The fourth-order valence-corrected chi connectivity index (χ4v) is 19.5. The SMILES string of the molecule is Cc1ccc2c(-c3ccc(-c4cccc5c4sc4ccccc45)cc3)cc3ccccc3c2c1.Cc1ccc2c(c1)c(-c1ccc(-c3cccc4c3sc3ccccc34)cc1)cc1ccccc12.Cc1ccc2c(c1)cc(-c1ccc(-c3cccc4c3sc3ccccc34)cc1)c1ccccc12. The molecule has 3 aromatic heterocycles.